The van der Waals surface area contributed by atoms with Crippen LogP contribution in [0.1, 0.15) is 31.9 Å². The largest absolute Gasteiger partial charge is 0.417 e. The average molecular weight is 1620 g/mol. The van der Waals surface area contributed by atoms with E-state index in [-0.39, 0.29) is 0 Å². The van der Waals surface area contributed by atoms with Gasteiger partial charge in [-0.2, -0.15) is 13.7 Å². The lowest BCUT2D eigenvalue weighted by Gasteiger charge is -2.08. The molecule has 0 saturated carbocycles. The summed E-state index contributed by atoms with van der Waals surface area (Å²) in [5.41, 5.74) is 31.5. The van der Waals surface area contributed by atoms with Gasteiger partial charge in [-0.25, -0.2) is 32.0 Å². The second-order valence-electron chi connectivity index (χ2n) is 32.0. The zero-order valence-corrected chi connectivity index (χ0v) is 68.0. The standard InChI is InChI=1S/C27H19N4.C21H14N3O.C21H14N3S.2C17H15N4/c1-3-10-20(11-4-1)30-24-17-28-16-15-23(24)25-27(30)31(21-12-5-2-6-13-21)26-22-14-8-7-9-19(22)18-29(25)26;2*1-2-7-15(8-3-1)24-20-16-9-5-4-6-14(16)13-23(20)19-17-10-11-22-12-18(17)25-21(19)24;2*1-19-14-9-18-8-7-13(14)15-17(19)20(2)16-12-6-4-3-5-11(12)10-21(15)16/h1-17H,18H2;2*1-12H,13H2;2*3-9H,10H2,1-2H3/q5*+1/i;;;1D3;. The van der Waals surface area contributed by atoms with Crippen LogP contribution in [0.4, 0.5) is 0 Å². The molecule has 9 aromatic carbocycles. The molecule has 20 heterocycles. The Morgan fingerprint density at radius 1 is 0.341 bits per heavy atom. The minimum atomic E-state index is -2.26. The Morgan fingerprint density at radius 3 is 1.25 bits per heavy atom. The van der Waals surface area contributed by atoms with E-state index in [0.717, 1.165) is 99.8 Å². The van der Waals surface area contributed by atoms with Gasteiger partial charge in [0.1, 0.15) is 47.7 Å². The van der Waals surface area contributed by atoms with Crippen molar-refractivity contribution in [2.75, 3.05) is 0 Å². The molecule has 123 heavy (non-hydrogen) atoms. The molecule has 15 aromatic heterocycles. The normalized spacial score (nSPS) is 13.2. The van der Waals surface area contributed by atoms with E-state index in [1.807, 2.05) is 96.7 Å². The summed E-state index contributed by atoms with van der Waals surface area (Å²) < 4.78 is 60.8. The smallest absolute Gasteiger partial charge is 0.344 e. The van der Waals surface area contributed by atoms with Crippen molar-refractivity contribution in [3.63, 3.8) is 0 Å². The van der Waals surface area contributed by atoms with Crippen LogP contribution in [0.15, 0.2) is 339 Å². The maximum Gasteiger partial charge on any atom is 0.344 e. The van der Waals surface area contributed by atoms with Gasteiger partial charge in [0.2, 0.25) is 27.5 Å². The van der Waals surface area contributed by atoms with Crippen LogP contribution in [0.3, 0.4) is 0 Å². The van der Waals surface area contributed by atoms with Gasteiger partial charge in [-0.15, -0.1) is 0 Å². The topological polar surface area (TPSA) is 136 Å². The number of imidazole rings is 5. The van der Waals surface area contributed by atoms with Gasteiger partial charge in [-0.3, -0.25) is 38.6 Å². The van der Waals surface area contributed by atoms with Crippen molar-refractivity contribution >= 4 is 120 Å². The molecule has 586 valence electrons. The van der Waals surface area contributed by atoms with Crippen LogP contribution in [0.2, 0.25) is 0 Å². The van der Waals surface area contributed by atoms with Crippen LogP contribution in [-0.2, 0) is 60.8 Å². The molecule has 24 aromatic rings. The van der Waals surface area contributed by atoms with Crippen LogP contribution < -0.4 is 22.8 Å². The first-order valence-corrected chi connectivity index (χ1v) is 42.2. The lowest BCUT2D eigenvalue weighted by molar-refractivity contribution is -0.645. The molecule has 0 aliphatic carbocycles. The second kappa shape index (κ2) is 27.4. The highest BCUT2D eigenvalue weighted by Crippen LogP contribution is 2.45. The predicted octanol–water partition coefficient (Wildman–Crippen LogP) is 18.7. The van der Waals surface area contributed by atoms with Gasteiger partial charge in [0.05, 0.1) is 130 Å². The number of pyridine rings is 5. The Kier molecular flexibility index (Phi) is 14.9. The van der Waals surface area contributed by atoms with E-state index < -0.39 is 6.98 Å². The monoisotopic (exact) mass is 1620 g/mol. The molecule has 5 aliphatic heterocycles. The molecule has 0 fully saturated rings. The van der Waals surface area contributed by atoms with Gasteiger partial charge < -0.3 is 4.42 Å². The zero-order chi connectivity index (χ0) is 83.9. The number of hydrogen-bond donors (Lipinski definition) is 0. The Morgan fingerprint density at radius 2 is 0.724 bits per heavy atom. The quantitative estimate of drug-likeness (QED) is 0.161. The number of thiophene rings is 1. The lowest BCUT2D eigenvalue weighted by Crippen LogP contribution is -2.31. The second-order valence-corrected chi connectivity index (χ2v) is 33.0. The van der Waals surface area contributed by atoms with Crippen molar-refractivity contribution in [2.24, 2.45) is 28.1 Å². The van der Waals surface area contributed by atoms with E-state index in [1.165, 1.54) is 143 Å². The van der Waals surface area contributed by atoms with Gasteiger partial charge in [-0.1, -0.05) is 175 Å². The first-order valence-electron chi connectivity index (χ1n) is 42.9. The van der Waals surface area contributed by atoms with Gasteiger partial charge in [0, 0.05) is 64.9 Å². The highest BCUT2D eigenvalue weighted by atomic mass is 32.1. The molecule has 5 aliphatic rings. The maximum atomic E-state index is 8.00. The predicted molar refractivity (Wildman–Crippen MR) is 483 cm³/mol. The summed E-state index contributed by atoms with van der Waals surface area (Å²) in [6, 6.07) is 95.6. The third kappa shape index (κ3) is 10.3. The fourth-order valence-electron chi connectivity index (χ4n) is 20.3. The average Bonchev–Trinajstić information content (AvgIpc) is 2.52. The lowest BCUT2D eigenvalue weighted by atomic mass is 10.1. The molecule has 0 radical (unpaired) electrons. The number of rotatable bonds is 4. The molecule has 0 bridgehead atoms. The van der Waals surface area contributed by atoms with Crippen LogP contribution in [0.5, 0.6) is 0 Å². The highest BCUT2D eigenvalue weighted by Gasteiger charge is 2.43. The van der Waals surface area contributed by atoms with Gasteiger partial charge in [0.15, 0.2) is 22.1 Å². The fraction of sp³-hybridized carbons (Fsp3) is 0.0874. The molecule has 29 rings (SSSR count). The van der Waals surface area contributed by atoms with Crippen molar-refractivity contribution in [1.82, 2.24) is 61.5 Å². The zero-order valence-electron chi connectivity index (χ0n) is 70.2. The first kappa shape index (κ1) is 67.1. The fourth-order valence-corrected chi connectivity index (χ4v) is 21.5. The van der Waals surface area contributed by atoms with Gasteiger partial charge in [-0.05, 0) is 120 Å². The van der Waals surface area contributed by atoms with Crippen LogP contribution in [0.25, 0.3) is 189 Å². The van der Waals surface area contributed by atoms with Crippen molar-refractivity contribution in [3.05, 3.63) is 363 Å². The minimum absolute atomic E-state index is 0.643. The first-order chi connectivity index (χ1) is 62.0. The van der Waals surface area contributed by atoms with Crippen LogP contribution >= 0.6 is 11.3 Å². The summed E-state index contributed by atoms with van der Waals surface area (Å²) in [6.45, 7) is 2.10. The number of hydrogen-bond acceptors (Lipinski definition) is 7. The minimum Gasteiger partial charge on any atom is -0.417 e. The van der Waals surface area contributed by atoms with Crippen molar-refractivity contribution in [2.45, 2.75) is 32.7 Å². The Labute approximate surface area is 712 Å². The van der Waals surface area contributed by atoms with E-state index in [4.69, 9.17) is 8.53 Å². The molecule has 0 N–H and O–H groups in total. The molecular weight excluding hydrogens is 1540 g/mol. The summed E-state index contributed by atoms with van der Waals surface area (Å²) >= 11 is 1.82. The molecule has 0 spiro atoms. The van der Waals surface area contributed by atoms with Gasteiger partial charge in [0.25, 0.3) is 34.4 Å². The Bertz CT molecular complexity index is 8410. The molecule has 0 unspecified atom stereocenters. The number of benzene rings is 9. The number of fused-ring (bicyclic) bond motifs is 35. The summed E-state index contributed by atoms with van der Waals surface area (Å²) in [6.07, 6.45) is 18.5. The van der Waals surface area contributed by atoms with E-state index in [1.54, 1.807) is 18.6 Å². The van der Waals surface area contributed by atoms with E-state index in [0.29, 0.717) is 11.2 Å². The number of aryl methyl sites for hydroxylation is 4. The summed E-state index contributed by atoms with van der Waals surface area (Å²) in [7, 11) is 6.21. The van der Waals surface area contributed by atoms with Crippen LogP contribution in [-0.4, -0.2) is 61.5 Å². The van der Waals surface area contributed by atoms with E-state index >= 15 is 0 Å². The van der Waals surface area contributed by atoms with E-state index in [9.17, 15) is 0 Å². The van der Waals surface area contributed by atoms with Gasteiger partial charge >= 0.3 is 5.71 Å². The number of furan rings is 1. The summed E-state index contributed by atoms with van der Waals surface area (Å²) in [5.74, 6) is 6.03. The molecule has 0 saturated heterocycles. The third-order valence-electron chi connectivity index (χ3n) is 25.4. The number of aromatic nitrogens is 18. The highest BCUT2D eigenvalue weighted by molar-refractivity contribution is 7.25. The molecule has 0 amide bonds. The van der Waals surface area contributed by atoms with E-state index in [2.05, 4.69) is 332 Å². The summed E-state index contributed by atoms with van der Waals surface area (Å²) in [4.78, 5) is 22.7. The molecule has 0 atom stereocenters. The number of para-hydroxylation sites is 4. The molecule has 20 heteroatoms. The maximum absolute atomic E-state index is 8.00. The Hall–Kier alpha value is -15.8. The molecular formula is C103H77N18OS+5. The van der Waals surface area contributed by atoms with Crippen LogP contribution in [0, 0.1) is 0 Å². The Balaban J connectivity index is 0.0000000863. The SMILES string of the molecule is Cn1c2cnccc2c2c1[n+](C)c1n2Cc2ccccc2-1.[2H]C([2H])([2H])n1c2cnccc2c2c1[n+](C)c1n2Cc2ccccc2-1.c1ccc(-n2c3[n+](c4c5ccncc5n(-c5ccccc5)c42)Cc2ccccc2-3)cc1.c1ccc(-n2c3[n+](c4c5ccncc5oc42)Cc2ccccc2-3)cc1.c1ccc(-n2c3[n+](c4c5ccncc5sc42)Cc2ccccc2-3)cc1. The summed E-state index contributed by atoms with van der Waals surface area (Å²) in [5, 5.41) is 5.81. The van der Waals surface area contributed by atoms with Crippen molar-refractivity contribution < 1.29 is 31.4 Å². The molecule has 19 nitrogen and oxygen atoms in total. The van der Waals surface area contributed by atoms with Crippen molar-refractivity contribution in [3.8, 4) is 79.7 Å². The third-order valence-corrected chi connectivity index (χ3v) is 26.5. The number of nitrogens with zero attached hydrogens (tertiary/aromatic N) is 18. The van der Waals surface area contributed by atoms with Crippen molar-refractivity contribution in [1.29, 1.82) is 0 Å².